The Hall–Kier alpha value is -2.99. The van der Waals surface area contributed by atoms with Gasteiger partial charge in [0.25, 0.3) is 10.0 Å². The van der Waals surface area contributed by atoms with Crippen LogP contribution in [0.3, 0.4) is 0 Å². The summed E-state index contributed by atoms with van der Waals surface area (Å²) in [6.45, 7) is 13.1. The van der Waals surface area contributed by atoms with E-state index in [0.717, 1.165) is 16.8 Å². The molecular formula is C27H33N3O3SSi. The number of pyridine rings is 1. The number of benzene rings is 2. The minimum absolute atomic E-state index is 0.0273. The van der Waals surface area contributed by atoms with Gasteiger partial charge in [0.05, 0.1) is 29.7 Å². The highest BCUT2D eigenvalue weighted by Gasteiger charge is 2.37. The second-order valence-electron chi connectivity index (χ2n) is 10.0. The maximum Gasteiger partial charge on any atom is 0.265 e. The van der Waals surface area contributed by atoms with Crippen molar-refractivity contribution in [2.75, 3.05) is 17.5 Å². The summed E-state index contributed by atoms with van der Waals surface area (Å²) in [5.74, 6) is 0.375. The summed E-state index contributed by atoms with van der Waals surface area (Å²) in [7, 11) is -5.91. The van der Waals surface area contributed by atoms with E-state index in [-0.39, 0.29) is 23.1 Å². The van der Waals surface area contributed by atoms with Crippen LogP contribution in [-0.2, 0) is 14.4 Å². The molecular weight excluding hydrogens is 474 g/mol. The highest BCUT2D eigenvalue weighted by Crippen LogP contribution is 2.36. The second-order valence-corrected chi connectivity index (χ2v) is 16.7. The highest BCUT2D eigenvalue weighted by atomic mass is 32.2. The van der Waals surface area contributed by atoms with Crippen LogP contribution in [0.5, 0.6) is 0 Å². The molecule has 8 heteroatoms. The van der Waals surface area contributed by atoms with Gasteiger partial charge in [-0.3, -0.25) is 0 Å². The Kier molecular flexibility index (Phi) is 7.85. The number of nitrogens with zero attached hydrogens (tertiary/aromatic N) is 3. The maximum absolute atomic E-state index is 13.7. The molecule has 3 aromatic rings. The minimum atomic E-state index is -3.87. The fraction of sp³-hybridized carbons (Fsp3) is 0.333. The van der Waals surface area contributed by atoms with Crippen LogP contribution in [0, 0.1) is 18.3 Å². The predicted molar refractivity (Wildman–Crippen MR) is 143 cm³/mol. The van der Waals surface area contributed by atoms with Crippen LogP contribution in [0.4, 0.5) is 5.82 Å². The fourth-order valence-corrected chi connectivity index (χ4v) is 5.74. The molecule has 3 rings (SSSR count). The molecule has 0 saturated heterocycles. The van der Waals surface area contributed by atoms with Gasteiger partial charge in [0.2, 0.25) is 0 Å². The van der Waals surface area contributed by atoms with E-state index >= 15 is 0 Å². The van der Waals surface area contributed by atoms with E-state index in [1.165, 1.54) is 4.31 Å². The van der Waals surface area contributed by atoms with Crippen LogP contribution in [-0.4, -0.2) is 34.9 Å². The van der Waals surface area contributed by atoms with Gasteiger partial charge < -0.3 is 4.43 Å². The van der Waals surface area contributed by atoms with Gasteiger partial charge in [0.1, 0.15) is 5.82 Å². The quantitative estimate of drug-likeness (QED) is 0.342. The molecule has 0 spiro atoms. The van der Waals surface area contributed by atoms with Crippen molar-refractivity contribution in [2.45, 2.75) is 50.7 Å². The number of hydrogen-bond donors (Lipinski definition) is 0. The van der Waals surface area contributed by atoms with Crippen LogP contribution in [0.2, 0.25) is 18.1 Å². The van der Waals surface area contributed by atoms with Gasteiger partial charge in [0.15, 0.2) is 8.32 Å². The zero-order chi connectivity index (χ0) is 25.9. The Morgan fingerprint density at radius 1 is 0.971 bits per heavy atom. The highest BCUT2D eigenvalue weighted by molar-refractivity contribution is 7.92. The molecule has 0 amide bonds. The van der Waals surface area contributed by atoms with Gasteiger partial charge in [-0.05, 0) is 72.6 Å². The maximum atomic E-state index is 13.7. The van der Waals surface area contributed by atoms with Crippen LogP contribution in [0.1, 0.15) is 32.0 Å². The summed E-state index contributed by atoms with van der Waals surface area (Å²) in [5.41, 5.74) is 3.10. The largest absolute Gasteiger partial charge is 0.415 e. The fourth-order valence-electron chi connectivity index (χ4n) is 3.31. The van der Waals surface area contributed by atoms with Gasteiger partial charge in [-0.15, -0.1) is 0 Å². The van der Waals surface area contributed by atoms with Gasteiger partial charge >= 0.3 is 0 Å². The first kappa shape index (κ1) is 26.6. The van der Waals surface area contributed by atoms with Crippen LogP contribution < -0.4 is 4.31 Å². The number of rotatable bonds is 8. The van der Waals surface area contributed by atoms with E-state index in [1.807, 2.05) is 31.2 Å². The lowest BCUT2D eigenvalue weighted by atomic mass is 10.0. The first-order valence-electron chi connectivity index (χ1n) is 11.6. The zero-order valence-electron chi connectivity index (χ0n) is 21.2. The average Bonchev–Trinajstić information content (AvgIpc) is 2.81. The standard InChI is InChI=1S/C27H33N3O3SSi/c1-21-8-7-9-26(29-21)30(18-19-33-35(5,6)27(2,3)4)34(31,32)25-16-14-24(15-17-25)23-12-10-22(20-28)11-13-23/h7-17H,18-19H2,1-6H3. The predicted octanol–water partition coefficient (Wildman–Crippen LogP) is 6.15. The molecule has 35 heavy (non-hydrogen) atoms. The third-order valence-corrected chi connectivity index (χ3v) is 12.8. The van der Waals surface area contributed by atoms with Crippen molar-refractivity contribution in [2.24, 2.45) is 0 Å². The first-order valence-corrected chi connectivity index (χ1v) is 15.9. The van der Waals surface area contributed by atoms with Gasteiger partial charge in [-0.25, -0.2) is 17.7 Å². The monoisotopic (exact) mass is 507 g/mol. The van der Waals surface area contributed by atoms with E-state index < -0.39 is 18.3 Å². The second kappa shape index (κ2) is 10.3. The van der Waals surface area contributed by atoms with Gasteiger partial charge in [0, 0.05) is 5.69 Å². The smallest absolute Gasteiger partial charge is 0.265 e. The Labute approximate surface area is 210 Å². The molecule has 2 aromatic carbocycles. The molecule has 0 unspecified atom stereocenters. The SMILES string of the molecule is Cc1cccc(N(CCO[Si](C)(C)C(C)(C)C)S(=O)(=O)c2ccc(-c3ccc(C#N)cc3)cc2)n1. The average molecular weight is 508 g/mol. The van der Waals surface area contributed by atoms with Crippen molar-refractivity contribution in [3.8, 4) is 17.2 Å². The molecule has 0 aliphatic heterocycles. The Balaban J connectivity index is 1.90. The molecule has 184 valence electrons. The molecule has 1 aromatic heterocycles. The van der Waals surface area contributed by atoms with E-state index in [4.69, 9.17) is 9.69 Å². The van der Waals surface area contributed by atoms with E-state index in [0.29, 0.717) is 11.4 Å². The summed E-state index contributed by atoms with van der Waals surface area (Å²) < 4.78 is 35.1. The number of aryl methyl sites for hydroxylation is 1. The molecule has 0 aliphatic rings. The Morgan fingerprint density at radius 2 is 1.54 bits per heavy atom. The minimum Gasteiger partial charge on any atom is -0.415 e. The topological polar surface area (TPSA) is 83.3 Å². The van der Waals surface area contributed by atoms with Crippen molar-refractivity contribution in [1.82, 2.24) is 4.98 Å². The lowest BCUT2D eigenvalue weighted by Crippen LogP contribution is -2.43. The zero-order valence-corrected chi connectivity index (χ0v) is 23.1. The number of aromatic nitrogens is 1. The third kappa shape index (κ3) is 6.17. The van der Waals surface area contributed by atoms with Crippen molar-refractivity contribution in [3.05, 3.63) is 78.0 Å². The lowest BCUT2D eigenvalue weighted by molar-refractivity contribution is 0.298. The lowest BCUT2D eigenvalue weighted by Gasteiger charge is -2.36. The number of anilines is 1. The Bertz CT molecular complexity index is 1310. The van der Waals surface area contributed by atoms with Crippen molar-refractivity contribution >= 4 is 24.2 Å². The Morgan fingerprint density at radius 3 is 2.06 bits per heavy atom. The number of hydrogen-bond acceptors (Lipinski definition) is 5. The summed E-state index contributed by atoms with van der Waals surface area (Å²) in [5, 5.41) is 9.03. The van der Waals surface area contributed by atoms with Crippen LogP contribution >= 0.6 is 0 Å². The summed E-state index contributed by atoms with van der Waals surface area (Å²) in [6, 6.07) is 21.4. The molecule has 6 nitrogen and oxygen atoms in total. The van der Waals surface area contributed by atoms with E-state index in [2.05, 4.69) is 44.9 Å². The molecule has 0 radical (unpaired) electrons. The number of nitriles is 1. The normalized spacial score (nSPS) is 12.3. The first-order chi connectivity index (χ1) is 16.3. The van der Waals surface area contributed by atoms with Gasteiger partial charge in [-0.2, -0.15) is 5.26 Å². The molecule has 0 saturated carbocycles. The molecule has 1 heterocycles. The van der Waals surface area contributed by atoms with Crippen molar-refractivity contribution in [1.29, 1.82) is 5.26 Å². The third-order valence-electron chi connectivity index (χ3n) is 6.48. The van der Waals surface area contributed by atoms with Crippen molar-refractivity contribution in [3.63, 3.8) is 0 Å². The molecule has 0 aliphatic carbocycles. The van der Waals surface area contributed by atoms with E-state index in [1.54, 1.807) is 42.5 Å². The van der Waals surface area contributed by atoms with E-state index in [9.17, 15) is 8.42 Å². The van der Waals surface area contributed by atoms with Crippen LogP contribution in [0.15, 0.2) is 71.6 Å². The number of sulfonamides is 1. The summed E-state index contributed by atoms with van der Waals surface area (Å²) >= 11 is 0. The molecule has 0 N–H and O–H groups in total. The van der Waals surface area contributed by atoms with Crippen molar-refractivity contribution < 1.29 is 12.8 Å². The van der Waals surface area contributed by atoms with Gasteiger partial charge in [-0.1, -0.05) is 51.1 Å². The molecule has 0 atom stereocenters. The molecule has 0 fully saturated rings. The van der Waals surface area contributed by atoms with Crippen LogP contribution in [0.25, 0.3) is 11.1 Å². The summed E-state index contributed by atoms with van der Waals surface area (Å²) in [4.78, 5) is 4.67. The summed E-state index contributed by atoms with van der Waals surface area (Å²) in [6.07, 6.45) is 0. The molecule has 0 bridgehead atoms.